The molecule has 2 aliphatic heterocycles. The van der Waals surface area contributed by atoms with E-state index in [1.807, 2.05) is 12.1 Å². The molecule has 0 radical (unpaired) electrons. The predicted octanol–water partition coefficient (Wildman–Crippen LogP) is 1.47. The molecule has 2 aliphatic rings. The lowest BCUT2D eigenvalue weighted by atomic mass is 9.74. The lowest BCUT2D eigenvalue weighted by Gasteiger charge is -2.32. The number of ether oxygens (including phenoxy) is 1. The first kappa shape index (κ1) is 12.3. The molecule has 1 fully saturated rings. The highest BCUT2D eigenvalue weighted by Crippen LogP contribution is 2.44. The Balaban J connectivity index is 1.86. The summed E-state index contributed by atoms with van der Waals surface area (Å²) in [5.74, 6) is 0.959. The molecule has 0 saturated carbocycles. The van der Waals surface area contributed by atoms with Gasteiger partial charge in [-0.15, -0.1) is 0 Å². The van der Waals surface area contributed by atoms with E-state index in [4.69, 9.17) is 9.84 Å². The number of rotatable bonds is 2. The molecule has 0 bridgehead atoms. The molecule has 19 heavy (non-hydrogen) atoms. The molecular formula is C14H18N2O3. The largest absolute Gasteiger partial charge is 0.492 e. The molecule has 1 aromatic carbocycles. The second kappa shape index (κ2) is 4.74. The minimum atomic E-state index is -0.992. The van der Waals surface area contributed by atoms with Gasteiger partial charge in [-0.3, -0.25) is 0 Å². The topological polar surface area (TPSA) is 70.6 Å². The van der Waals surface area contributed by atoms with Crippen LogP contribution in [0.2, 0.25) is 0 Å². The summed E-state index contributed by atoms with van der Waals surface area (Å²) in [4.78, 5) is 10.6. The van der Waals surface area contributed by atoms with Gasteiger partial charge in [0.2, 0.25) is 0 Å². The van der Waals surface area contributed by atoms with E-state index < -0.39 is 6.09 Å². The molecule has 0 aromatic heterocycles. The Morgan fingerprint density at radius 3 is 2.95 bits per heavy atom. The van der Waals surface area contributed by atoms with Crippen LogP contribution in [-0.4, -0.2) is 30.9 Å². The standard InChI is InChI=1S/C14H18N2O3/c17-13(18)16-8-10-1-2-12-11(7-10)14(9-19-12)3-5-15-6-4-14/h1-2,7,15-16H,3-6,8-9H2,(H,17,18). The van der Waals surface area contributed by atoms with Gasteiger partial charge in [0, 0.05) is 17.5 Å². The minimum absolute atomic E-state index is 0.125. The molecule has 0 aliphatic carbocycles. The van der Waals surface area contributed by atoms with E-state index >= 15 is 0 Å². The fourth-order valence-electron chi connectivity index (χ4n) is 3.02. The van der Waals surface area contributed by atoms with Gasteiger partial charge in [-0.05, 0) is 43.6 Å². The van der Waals surface area contributed by atoms with Crippen LogP contribution >= 0.6 is 0 Å². The molecule has 1 spiro atoms. The molecule has 102 valence electrons. The Morgan fingerprint density at radius 1 is 1.42 bits per heavy atom. The average Bonchev–Trinajstić information content (AvgIpc) is 2.76. The monoisotopic (exact) mass is 262 g/mol. The number of amides is 1. The number of piperidine rings is 1. The van der Waals surface area contributed by atoms with Crippen LogP contribution in [0.15, 0.2) is 18.2 Å². The lowest BCUT2D eigenvalue weighted by molar-refractivity contribution is 0.194. The quantitative estimate of drug-likeness (QED) is 0.755. The highest BCUT2D eigenvalue weighted by Gasteiger charge is 2.41. The van der Waals surface area contributed by atoms with Crippen LogP contribution in [-0.2, 0) is 12.0 Å². The number of carbonyl (C=O) groups is 1. The summed E-state index contributed by atoms with van der Waals surface area (Å²) in [5.41, 5.74) is 2.36. The van der Waals surface area contributed by atoms with Crippen LogP contribution in [0, 0.1) is 0 Å². The van der Waals surface area contributed by atoms with Crippen molar-refractivity contribution in [2.24, 2.45) is 0 Å². The van der Waals surface area contributed by atoms with E-state index in [-0.39, 0.29) is 5.41 Å². The second-order valence-corrected chi connectivity index (χ2v) is 5.31. The van der Waals surface area contributed by atoms with Crippen molar-refractivity contribution in [3.8, 4) is 5.75 Å². The van der Waals surface area contributed by atoms with Crippen molar-refractivity contribution >= 4 is 6.09 Å². The maximum Gasteiger partial charge on any atom is 0.404 e. The van der Waals surface area contributed by atoms with Gasteiger partial charge < -0.3 is 20.5 Å². The molecule has 3 N–H and O–H groups in total. The summed E-state index contributed by atoms with van der Waals surface area (Å²) in [6, 6.07) is 5.99. The first-order valence-electron chi connectivity index (χ1n) is 6.63. The van der Waals surface area contributed by atoms with Gasteiger partial charge in [0.1, 0.15) is 5.75 Å². The third-order valence-corrected chi connectivity index (χ3v) is 4.12. The van der Waals surface area contributed by atoms with Crippen LogP contribution in [0.3, 0.4) is 0 Å². The summed E-state index contributed by atoms with van der Waals surface area (Å²) in [7, 11) is 0. The van der Waals surface area contributed by atoms with E-state index in [1.54, 1.807) is 0 Å². The highest BCUT2D eigenvalue weighted by molar-refractivity contribution is 5.64. The number of hydrogen-bond donors (Lipinski definition) is 3. The molecule has 5 heteroatoms. The van der Waals surface area contributed by atoms with Gasteiger partial charge >= 0.3 is 6.09 Å². The van der Waals surface area contributed by atoms with Crippen molar-refractivity contribution in [2.75, 3.05) is 19.7 Å². The molecule has 1 amide bonds. The van der Waals surface area contributed by atoms with E-state index in [0.29, 0.717) is 6.54 Å². The van der Waals surface area contributed by atoms with Crippen molar-refractivity contribution in [1.82, 2.24) is 10.6 Å². The zero-order valence-electron chi connectivity index (χ0n) is 10.7. The molecule has 5 nitrogen and oxygen atoms in total. The van der Waals surface area contributed by atoms with Crippen molar-refractivity contribution < 1.29 is 14.6 Å². The van der Waals surface area contributed by atoms with E-state index in [0.717, 1.165) is 43.9 Å². The summed E-state index contributed by atoms with van der Waals surface area (Å²) < 4.78 is 5.81. The van der Waals surface area contributed by atoms with Gasteiger partial charge in [-0.2, -0.15) is 0 Å². The number of hydrogen-bond acceptors (Lipinski definition) is 3. The third-order valence-electron chi connectivity index (χ3n) is 4.12. The van der Waals surface area contributed by atoms with E-state index in [2.05, 4.69) is 16.7 Å². The van der Waals surface area contributed by atoms with Crippen molar-refractivity contribution in [3.05, 3.63) is 29.3 Å². The van der Waals surface area contributed by atoms with Gasteiger partial charge in [-0.25, -0.2) is 4.79 Å². The van der Waals surface area contributed by atoms with E-state index in [1.165, 1.54) is 5.56 Å². The molecular weight excluding hydrogens is 244 g/mol. The zero-order chi connectivity index (χ0) is 13.3. The Labute approximate surface area is 112 Å². The molecule has 3 rings (SSSR count). The third kappa shape index (κ3) is 2.26. The lowest BCUT2D eigenvalue weighted by Crippen LogP contribution is -2.41. The van der Waals surface area contributed by atoms with Crippen LogP contribution in [0.4, 0.5) is 4.79 Å². The average molecular weight is 262 g/mol. The van der Waals surface area contributed by atoms with Crippen LogP contribution in [0.5, 0.6) is 5.75 Å². The van der Waals surface area contributed by atoms with Gasteiger partial charge in [0.25, 0.3) is 0 Å². The van der Waals surface area contributed by atoms with Crippen molar-refractivity contribution in [2.45, 2.75) is 24.8 Å². The molecule has 2 heterocycles. The molecule has 0 atom stereocenters. The molecule has 0 unspecified atom stereocenters. The predicted molar refractivity (Wildman–Crippen MR) is 70.6 cm³/mol. The first-order valence-corrected chi connectivity index (χ1v) is 6.63. The van der Waals surface area contributed by atoms with Gasteiger partial charge in [-0.1, -0.05) is 6.07 Å². The van der Waals surface area contributed by atoms with Crippen molar-refractivity contribution in [1.29, 1.82) is 0 Å². The smallest absolute Gasteiger partial charge is 0.404 e. The Hall–Kier alpha value is -1.75. The molecule has 1 saturated heterocycles. The van der Waals surface area contributed by atoms with E-state index in [9.17, 15) is 4.79 Å². The molecule has 1 aromatic rings. The maximum atomic E-state index is 10.6. The van der Waals surface area contributed by atoms with Crippen LogP contribution in [0.1, 0.15) is 24.0 Å². The van der Waals surface area contributed by atoms with Crippen LogP contribution < -0.4 is 15.4 Å². The summed E-state index contributed by atoms with van der Waals surface area (Å²) in [6.07, 6.45) is 1.17. The second-order valence-electron chi connectivity index (χ2n) is 5.31. The van der Waals surface area contributed by atoms with Crippen molar-refractivity contribution in [3.63, 3.8) is 0 Å². The number of nitrogens with one attached hydrogen (secondary N) is 2. The highest BCUT2D eigenvalue weighted by atomic mass is 16.5. The first-order chi connectivity index (χ1) is 9.20. The number of carboxylic acid groups (broad SMARTS) is 1. The fraction of sp³-hybridized carbons (Fsp3) is 0.500. The minimum Gasteiger partial charge on any atom is -0.492 e. The number of benzene rings is 1. The normalized spacial score (nSPS) is 19.8. The van der Waals surface area contributed by atoms with Crippen LogP contribution in [0.25, 0.3) is 0 Å². The SMILES string of the molecule is O=C(O)NCc1ccc2c(c1)C1(CCNCC1)CO2. The Bertz CT molecular complexity index is 490. The van der Waals surface area contributed by atoms with Gasteiger partial charge in [0.05, 0.1) is 6.61 Å². The summed E-state index contributed by atoms with van der Waals surface area (Å²) in [6.45, 7) is 3.12. The zero-order valence-corrected chi connectivity index (χ0v) is 10.7. The summed E-state index contributed by atoms with van der Waals surface area (Å²) >= 11 is 0. The summed E-state index contributed by atoms with van der Waals surface area (Å²) in [5, 5.41) is 14.4. The Kier molecular flexibility index (Phi) is 3.06. The Morgan fingerprint density at radius 2 is 2.21 bits per heavy atom. The fourth-order valence-corrected chi connectivity index (χ4v) is 3.02. The number of fused-ring (bicyclic) bond motifs is 2. The van der Waals surface area contributed by atoms with Gasteiger partial charge in [0.15, 0.2) is 0 Å². The maximum absolute atomic E-state index is 10.6.